The molecule has 0 saturated carbocycles. The molecule has 0 spiro atoms. The van der Waals surface area contributed by atoms with Crippen LogP contribution in [0.25, 0.3) is 11.3 Å². The Morgan fingerprint density at radius 2 is 1.94 bits per heavy atom. The first-order chi connectivity index (χ1) is 8.49. The molecule has 2 aromatic rings. The summed E-state index contributed by atoms with van der Waals surface area (Å²) in [6, 6.07) is 7.07. The molecule has 92 valence electrons. The van der Waals surface area contributed by atoms with E-state index in [-0.39, 0.29) is 5.69 Å². The van der Waals surface area contributed by atoms with Crippen LogP contribution in [0.1, 0.15) is 10.5 Å². The van der Waals surface area contributed by atoms with E-state index in [1.165, 1.54) is 12.1 Å². The van der Waals surface area contributed by atoms with Crippen LogP contribution >= 0.6 is 23.2 Å². The number of carboxylic acid groups (broad SMARTS) is 1. The lowest BCUT2D eigenvalue weighted by molar-refractivity contribution is 0.0685. The third-order valence-corrected chi connectivity index (χ3v) is 2.82. The number of hydrogen-bond donors (Lipinski definition) is 1. The molecule has 0 unspecified atom stereocenters. The number of carbonyl (C=O) groups is 1. The van der Waals surface area contributed by atoms with Crippen LogP contribution in [0.15, 0.2) is 30.3 Å². The summed E-state index contributed by atoms with van der Waals surface area (Å²) in [4.78, 5) is 14.5. The lowest BCUT2D eigenvalue weighted by Crippen LogP contribution is -2.05. The van der Waals surface area contributed by atoms with Crippen molar-refractivity contribution in [1.29, 1.82) is 0 Å². The van der Waals surface area contributed by atoms with Gasteiger partial charge >= 0.3 is 5.97 Å². The summed E-state index contributed by atoms with van der Waals surface area (Å²) >= 11 is 11.8. The summed E-state index contributed by atoms with van der Waals surface area (Å²) in [5.74, 6) is -2.34. The van der Waals surface area contributed by atoms with Crippen LogP contribution in [0.3, 0.4) is 0 Å². The van der Waals surface area contributed by atoms with Crippen LogP contribution in [-0.2, 0) is 0 Å². The Hall–Kier alpha value is -1.65. The highest BCUT2D eigenvalue weighted by Gasteiger charge is 2.15. The van der Waals surface area contributed by atoms with E-state index in [1.54, 1.807) is 12.1 Å². The predicted molar refractivity (Wildman–Crippen MR) is 66.6 cm³/mol. The first-order valence-corrected chi connectivity index (χ1v) is 5.60. The first-order valence-electron chi connectivity index (χ1n) is 4.84. The number of hydrogen-bond acceptors (Lipinski definition) is 2. The van der Waals surface area contributed by atoms with Gasteiger partial charge in [0.25, 0.3) is 0 Å². The van der Waals surface area contributed by atoms with Gasteiger partial charge in [-0.05, 0) is 30.3 Å². The van der Waals surface area contributed by atoms with E-state index in [0.717, 1.165) is 6.07 Å². The van der Waals surface area contributed by atoms with Gasteiger partial charge in [0, 0.05) is 10.6 Å². The zero-order valence-electron chi connectivity index (χ0n) is 8.82. The molecule has 2 rings (SSSR count). The number of carboxylic acids is 1. The minimum absolute atomic E-state index is 0.251. The number of benzene rings is 1. The van der Waals surface area contributed by atoms with E-state index in [4.69, 9.17) is 28.3 Å². The predicted octanol–water partition coefficient (Wildman–Crippen LogP) is 3.89. The highest BCUT2D eigenvalue weighted by atomic mass is 35.5. The van der Waals surface area contributed by atoms with Crippen molar-refractivity contribution >= 4 is 29.2 Å². The summed E-state index contributed by atoms with van der Waals surface area (Å²) in [5.41, 5.74) is 0.0523. The average molecular weight is 286 g/mol. The van der Waals surface area contributed by atoms with Crippen molar-refractivity contribution < 1.29 is 14.3 Å². The Kier molecular flexibility index (Phi) is 3.50. The van der Waals surface area contributed by atoms with Crippen molar-refractivity contribution in [3.05, 3.63) is 51.9 Å². The van der Waals surface area contributed by atoms with E-state index in [1.807, 2.05) is 0 Å². The van der Waals surface area contributed by atoms with Crippen LogP contribution < -0.4 is 0 Å². The van der Waals surface area contributed by atoms with Crippen LogP contribution in [0.2, 0.25) is 10.0 Å². The van der Waals surface area contributed by atoms with Gasteiger partial charge in [0.15, 0.2) is 11.5 Å². The van der Waals surface area contributed by atoms with Crippen LogP contribution in [0.4, 0.5) is 4.39 Å². The second-order valence-electron chi connectivity index (χ2n) is 3.46. The van der Waals surface area contributed by atoms with E-state index in [0.29, 0.717) is 15.6 Å². The molecule has 6 heteroatoms. The Morgan fingerprint density at radius 1 is 1.22 bits per heavy atom. The van der Waals surface area contributed by atoms with Crippen molar-refractivity contribution in [3.8, 4) is 11.3 Å². The first kappa shape index (κ1) is 12.8. The maximum Gasteiger partial charge on any atom is 0.357 e. The molecular formula is C12H6Cl2FNO2. The van der Waals surface area contributed by atoms with Crippen molar-refractivity contribution in [3.63, 3.8) is 0 Å². The second kappa shape index (κ2) is 4.92. The van der Waals surface area contributed by atoms with Gasteiger partial charge in [0.1, 0.15) is 0 Å². The topological polar surface area (TPSA) is 50.2 Å². The van der Waals surface area contributed by atoms with Crippen molar-refractivity contribution in [2.24, 2.45) is 0 Å². The molecule has 1 aromatic heterocycles. The zero-order chi connectivity index (χ0) is 13.3. The number of nitrogens with zero attached hydrogens (tertiary/aromatic N) is 1. The van der Waals surface area contributed by atoms with E-state index in [2.05, 4.69) is 4.98 Å². The normalized spacial score (nSPS) is 10.4. The standard InChI is InChI=1S/C12H6Cl2FNO2/c13-6-1-2-8(14)7(5-6)10-4-3-9(15)11(16-10)12(17)18/h1-5H,(H,17,18). The molecule has 0 aliphatic carbocycles. The van der Waals surface area contributed by atoms with Crippen molar-refractivity contribution in [2.45, 2.75) is 0 Å². The minimum Gasteiger partial charge on any atom is -0.476 e. The fourth-order valence-corrected chi connectivity index (χ4v) is 1.82. The number of rotatable bonds is 2. The van der Waals surface area contributed by atoms with Crippen LogP contribution in [0, 0.1) is 5.82 Å². The molecule has 1 N–H and O–H groups in total. The molecule has 0 radical (unpaired) electrons. The third kappa shape index (κ3) is 2.44. The Bertz CT molecular complexity index is 631. The summed E-state index contributed by atoms with van der Waals surface area (Å²) in [6.45, 7) is 0. The second-order valence-corrected chi connectivity index (χ2v) is 4.30. The van der Waals surface area contributed by atoms with Gasteiger partial charge in [0.2, 0.25) is 0 Å². The van der Waals surface area contributed by atoms with Gasteiger partial charge in [-0.2, -0.15) is 0 Å². The lowest BCUT2D eigenvalue weighted by Gasteiger charge is -2.06. The Balaban J connectivity index is 2.61. The monoisotopic (exact) mass is 285 g/mol. The molecule has 1 heterocycles. The summed E-state index contributed by atoms with van der Waals surface area (Å²) in [5, 5.41) is 9.58. The van der Waals surface area contributed by atoms with Gasteiger partial charge < -0.3 is 5.11 Å². The minimum atomic E-state index is -1.44. The highest BCUT2D eigenvalue weighted by Crippen LogP contribution is 2.29. The largest absolute Gasteiger partial charge is 0.476 e. The molecule has 0 atom stereocenters. The van der Waals surface area contributed by atoms with E-state index >= 15 is 0 Å². The molecule has 0 amide bonds. The van der Waals surface area contributed by atoms with E-state index in [9.17, 15) is 9.18 Å². The quantitative estimate of drug-likeness (QED) is 0.911. The molecule has 0 saturated heterocycles. The van der Waals surface area contributed by atoms with Crippen molar-refractivity contribution in [1.82, 2.24) is 4.98 Å². The fraction of sp³-hybridized carbons (Fsp3) is 0. The molecular weight excluding hydrogens is 280 g/mol. The van der Waals surface area contributed by atoms with E-state index < -0.39 is 17.5 Å². The summed E-state index contributed by atoms with van der Waals surface area (Å²) < 4.78 is 13.2. The number of halogens is 3. The molecule has 0 aliphatic heterocycles. The number of pyridine rings is 1. The molecule has 0 aliphatic rings. The highest BCUT2D eigenvalue weighted by molar-refractivity contribution is 6.35. The average Bonchev–Trinajstić information content (AvgIpc) is 2.33. The lowest BCUT2D eigenvalue weighted by atomic mass is 10.1. The Labute approximate surface area is 112 Å². The molecule has 0 fully saturated rings. The fourth-order valence-electron chi connectivity index (χ4n) is 1.44. The third-order valence-electron chi connectivity index (χ3n) is 2.25. The van der Waals surface area contributed by atoms with Gasteiger partial charge in [-0.1, -0.05) is 23.2 Å². The smallest absolute Gasteiger partial charge is 0.357 e. The number of aromatic carboxylic acids is 1. The Morgan fingerprint density at radius 3 is 2.61 bits per heavy atom. The molecule has 18 heavy (non-hydrogen) atoms. The summed E-state index contributed by atoms with van der Waals surface area (Å²) in [6.07, 6.45) is 0. The van der Waals surface area contributed by atoms with Crippen molar-refractivity contribution in [2.75, 3.05) is 0 Å². The number of aromatic nitrogens is 1. The van der Waals surface area contributed by atoms with Crippen LogP contribution in [-0.4, -0.2) is 16.1 Å². The molecule has 1 aromatic carbocycles. The van der Waals surface area contributed by atoms with Gasteiger partial charge in [0.05, 0.1) is 10.7 Å². The van der Waals surface area contributed by atoms with Gasteiger partial charge in [-0.3, -0.25) is 0 Å². The van der Waals surface area contributed by atoms with Crippen LogP contribution in [0.5, 0.6) is 0 Å². The van der Waals surface area contributed by atoms with Gasteiger partial charge in [-0.25, -0.2) is 14.2 Å². The zero-order valence-corrected chi connectivity index (χ0v) is 10.3. The maximum absolute atomic E-state index is 13.2. The molecule has 0 bridgehead atoms. The SMILES string of the molecule is O=C(O)c1nc(-c2cc(Cl)ccc2Cl)ccc1F. The van der Waals surface area contributed by atoms with Gasteiger partial charge in [-0.15, -0.1) is 0 Å². The maximum atomic E-state index is 13.2. The summed E-state index contributed by atoms with van der Waals surface area (Å²) in [7, 11) is 0. The molecule has 3 nitrogen and oxygen atoms in total.